The van der Waals surface area contributed by atoms with Gasteiger partial charge in [-0.05, 0) is 42.4 Å². The van der Waals surface area contributed by atoms with Gasteiger partial charge in [0.05, 0.1) is 19.3 Å². The maximum atomic E-state index is 11.3. The number of hydrogen-bond donors (Lipinski definition) is 0. The summed E-state index contributed by atoms with van der Waals surface area (Å²) in [5, 5.41) is 9.22. The molecule has 0 spiro atoms. The lowest BCUT2D eigenvalue weighted by molar-refractivity contribution is -0.140. The number of hydrogen-bond acceptors (Lipinski definition) is 4. The van der Waals surface area contributed by atoms with Crippen molar-refractivity contribution in [2.24, 2.45) is 0 Å². The molecule has 1 aliphatic heterocycles. The molecule has 4 nitrogen and oxygen atoms in total. The van der Waals surface area contributed by atoms with E-state index in [4.69, 9.17) is 9.47 Å². The minimum Gasteiger partial charge on any atom is -0.492 e. The molecule has 0 fully saturated rings. The second-order valence-electron chi connectivity index (χ2n) is 5.37. The van der Waals surface area contributed by atoms with Crippen molar-refractivity contribution in [2.45, 2.75) is 38.0 Å². The van der Waals surface area contributed by atoms with Crippen LogP contribution in [-0.4, -0.2) is 19.7 Å². The number of nitriles is 1. The lowest BCUT2D eigenvalue weighted by Gasteiger charge is -2.15. The number of nitrogens with zero attached hydrogens (tertiary/aromatic N) is 1. The molecule has 20 heavy (non-hydrogen) atoms. The Hall–Kier alpha value is -2.02. The fourth-order valence-electron chi connectivity index (χ4n) is 3.42. The Labute approximate surface area is 118 Å². The van der Waals surface area contributed by atoms with Crippen molar-refractivity contribution in [1.29, 1.82) is 5.26 Å². The highest BCUT2D eigenvalue weighted by Gasteiger charge is 2.31. The number of aryl methyl sites for hydroxylation is 1. The molecule has 1 aliphatic carbocycles. The molecule has 0 bridgehead atoms. The number of benzene rings is 1. The van der Waals surface area contributed by atoms with Crippen molar-refractivity contribution < 1.29 is 14.3 Å². The van der Waals surface area contributed by atoms with Crippen molar-refractivity contribution in [3.05, 3.63) is 28.3 Å². The molecule has 0 radical (unpaired) electrons. The van der Waals surface area contributed by atoms with E-state index in [9.17, 15) is 10.1 Å². The van der Waals surface area contributed by atoms with Crippen LogP contribution >= 0.6 is 0 Å². The second kappa shape index (κ2) is 5.16. The van der Waals surface area contributed by atoms with Gasteiger partial charge in [0.25, 0.3) is 0 Å². The van der Waals surface area contributed by atoms with Crippen molar-refractivity contribution in [2.75, 3.05) is 13.7 Å². The molecule has 1 aromatic rings. The first-order chi connectivity index (χ1) is 9.74. The summed E-state index contributed by atoms with van der Waals surface area (Å²) in [6, 6.07) is 4.20. The van der Waals surface area contributed by atoms with Crippen LogP contribution in [0.2, 0.25) is 0 Å². The Bertz CT molecular complexity index is 601. The van der Waals surface area contributed by atoms with E-state index < -0.39 is 0 Å². The summed E-state index contributed by atoms with van der Waals surface area (Å²) < 4.78 is 10.3. The zero-order valence-electron chi connectivity index (χ0n) is 11.6. The van der Waals surface area contributed by atoms with E-state index in [0.29, 0.717) is 24.5 Å². The average molecular weight is 271 g/mol. The smallest absolute Gasteiger partial charge is 0.305 e. The standard InChI is InChI=1S/C16H17NO3/c1-19-14(18)5-4-10-2-3-11-8-12(9-17)16-13(15(10)11)6-7-20-16/h8,10H,2-7H2,1H3/t10-/m0/s1. The molecule has 1 atom stereocenters. The zero-order chi connectivity index (χ0) is 14.1. The highest BCUT2D eigenvalue weighted by molar-refractivity contribution is 5.69. The van der Waals surface area contributed by atoms with E-state index >= 15 is 0 Å². The number of rotatable bonds is 3. The molecule has 104 valence electrons. The lowest BCUT2D eigenvalue weighted by atomic mass is 9.89. The molecular formula is C16H17NO3. The van der Waals surface area contributed by atoms with E-state index in [1.807, 2.05) is 6.07 Å². The maximum absolute atomic E-state index is 11.3. The highest BCUT2D eigenvalue weighted by atomic mass is 16.5. The first kappa shape index (κ1) is 13.0. The largest absolute Gasteiger partial charge is 0.492 e. The summed E-state index contributed by atoms with van der Waals surface area (Å²) in [6.45, 7) is 0.657. The molecule has 0 aromatic heterocycles. The van der Waals surface area contributed by atoms with E-state index in [2.05, 4.69) is 6.07 Å². The normalized spacial score (nSPS) is 18.9. The zero-order valence-corrected chi connectivity index (χ0v) is 11.6. The Morgan fingerprint density at radius 2 is 2.40 bits per heavy atom. The van der Waals surface area contributed by atoms with Crippen LogP contribution < -0.4 is 4.74 Å². The molecule has 1 heterocycles. The van der Waals surface area contributed by atoms with Crippen LogP contribution in [-0.2, 0) is 22.4 Å². The van der Waals surface area contributed by atoms with Gasteiger partial charge in [-0.2, -0.15) is 5.26 Å². The van der Waals surface area contributed by atoms with Gasteiger partial charge in [0, 0.05) is 18.4 Å². The fraction of sp³-hybridized carbons (Fsp3) is 0.500. The Kier molecular flexibility index (Phi) is 3.35. The number of ether oxygens (including phenoxy) is 2. The van der Waals surface area contributed by atoms with Gasteiger partial charge in [-0.15, -0.1) is 0 Å². The number of esters is 1. The molecule has 0 saturated carbocycles. The summed E-state index contributed by atoms with van der Waals surface area (Å²) in [7, 11) is 1.43. The Balaban J connectivity index is 1.92. The van der Waals surface area contributed by atoms with Crippen molar-refractivity contribution in [1.82, 2.24) is 0 Å². The Morgan fingerprint density at radius 3 is 3.15 bits per heavy atom. The fourth-order valence-corrected chi connectivity index (χ4v) is 3.42. The Morgan fingerprint density at radius 1 is 1.55 bits per heavy atom. The summed E-state index contributed by atoms with van der Waals surface area (Å²) in [6.07, 6.45) is 4.19. The van der Waals surface area contributed by atoms with Gasteiger partial charge >= 0.3 is 5.97 Å². The molecule has 0 N–H and O–H groups in total. The van der Waals surface area contributed by atoms with Gasteiger partial charge in [-0.25, -0.2) is 0 Å². The quantitative estimate of drug-likeness (QED) is 0.792. The van der Waals surface area contributed by atoms with E-state index in [1.54, 1.807) is 0 Å². The van der Waals surface area contributed by atoms with Gasteiger partial charge < -0.3 is 9.47 Å². The van der Waals surface area contributed by atoms with Gasteiger partial charge in [-0.1, -0.05) is 0 Å². The minimum absolute atomic E-state index is 0.153. The van der Waals surface area contributed by atoms with Gasteiger partial charge in [0.2, 0.25) is 0 Å². The summed E-state index contributed by atoms with van der Waals surface area (Å²) in [5.41, 5.74) is 4.46. The molecule has 1 aromatic carbocycles. The summed E-state index contributed by atoms with van der Waals surface area (Å²) in [5.74, 6) is 1.02. The van der Waals surface area contributed by atoms with Crippen LogP contribution in [0.25, 0.3) is 0 Å². The first-order valence-corrected chi connectivity index (χ1v) is 7.03. The second-order valence-corrected chi connectivity index (χ2v) is 5.37. The molecule has 2 aliphatic rings. The van der Waals surface area contributed by atoms with Crippen molar-refractivity contribution in [3.8, 4) is 11.8 Å². The number of methoxy groups -OCH3 is 1. The van der Waals surface area contributed by atoms with Crippen LogP contribution in [0.3, 0.4) is 0 Å². The van der Waals surface area contributed by atoms with Crippen LogP contribution in [0.4, 0.5) is 0 Å². The maximum Gasteiger partial charge on any atom is 0.305 e. The summed E-state index contributed by atoms with van der Waals surface area (Å²) in [4.78, 5) is 11.3. The molecule has 0 saturated heterocycles. The number of fused-ring (bicyclic) bond motifs is 3. The lowest BCUT2D eigenvalue weighted by Crippen LogP contribution is -2.05. The topological polar surface area (TPSA) is 59.3 Å². The molecule has 4 heteroatoms. The van der Waals surface area contributed by atoms with Crippen LogP contribution in [0.5, 0.6) is 5.75 Å². The number of carbonyl (C=O) groups is 1. The van der Waals surface area contributed by atoms with E-state index in [1.165, 1.54) is 23.8 Å². The van der Waals surface area contributed by atoms with Crippen molar-refractivity contribution in [3.63, 3.8) is 0 Å². The van der Waals surface area contributed by atoms with Crippen LogP contribution in [0.15, 0.2) is 6.07 Å². The van der Waals surface area contributed by atoms with Gasteiger partial charge in [0.15, 0.2) is 0 Å². The van der Waals surface area contributed by atoms with Crippen molar-refractivity contribution >= 4 is 5.97 Å². The van der Waals surface area contributed by atoms with Gasteiger partial charge in [-0.3, -0.25) is 4.79 Å². The van der Waals surface area contributed by atoms with Gasteiger partial charge in [0.1, 0.15) is 11.8 Å². The highest BCUT2D eigenvalue weighted by Crippen LogP contribution is 2.45. The average Bonchev–Trinajstić information content (AvgIpc) is 3.09. The predicted octanol–water partition coefficient (Wildman–Crippen LogP) is 2.48. The van der Waals surface area contributed by atoms with E-state index in [0.717, 1.165) is 31.4 Å². The minimum atomic E-state index is -0.153. The third-order valence-electron chi connectivity index (χ3n) is 4.32. The first-order valence-electron chi connectivity index (χ1n) is 7.03. The molecule has 3 rings (SSSR count). The third kappa shape index (κ3) is 2.03. The monoisotopic (exact) mass is 271 g/mol. The van der Waals surface area contributed by atoms with E-state index in [-0.39, 0.29) is 5.97 Å². The van der Waals surface area contributed by atoms with Crippen LogP contribution in [0.1, 0.15) is 47.4 Å². The SMILES string of the molecule is COC(=O)CC[C@@H]1CCc2cc(C#N)c3c(c21)CCO3. The summed E-state index contributed by atoms with van der Waals surface area (Å²) >= 11 is 0. The number of carbonyl (C=O) groups excluding carboxylic acids is 1. The molecule has 0 amide bonds. The molecular weight excluding hydrogens is 254 g/mol. The molecule has 0 unspecified atom stereocenters. The third-order valence-corrected chi connectivity index (χ3v) is 4.32. The van der Waals surface area contributed by atoms with Crippen LogP contribution in [0, 0.1) is 11.3 Å². The predicted molar refractivity (Wildman–Crippen MR) is 72.7 cm³/mol.